The van der Waals surface area contributed by atoms with Crippen molar-refractivity contribution in [3.8, 4) is 0 Å². The first-order valence-corrected chi connectivity index (χ1v) is 7.08. The molecule has 0 aromatic rings. The molecule has 7 heteroatoms. The molecule has 0 amide bonds. The first-order chi connectivity index (χ1) is 9.90. The Morgan fingerprint density at radius 1 is 1.14 bits per heavy atom. The third-order valence-electron chi connectivity index (χ3n) is 3.38. The number of ether oxygens (including phenoxy) is 4. The van der Waals surface area contributed by atoms with Gasteiger partial charge in [-0.05, 0) is 6.42 Å². The number of esters is 2. The van der Waals surface area contributed by atoms with Crippen molar-refractivity contribution in [2.75, 3.05) is 13.3 Å². The molecule has 1 fully saturated rings. The monoisotopic (exact) mass is 306 g/mol. The molecule has 21 heavy (non-hydrogen) atoms. The lowest BCUT2D eigenvalue weighted by molar-refractivity contribution is -0.285. The Morgan fingerprint density at radius 2 is 1.76 bits per heavy atom. The average molecular weight is 306 g/mol. The van der Waals surface area contributed by atoms with E-state index >= 15 is 0 Å². The van der Waals surface area contributed by atoms with Crippen LogP contribution in [0.1, 0.15) is 34.1 Å². The van der Waals surface area contributed by atoms with E-state index in [1.807, 2.05) is 13.8 Å². The summed E-state index contributed by atoms with van der Waals surface area (Å²) in [4.78, 5) is 22.5. The number of hydrogen-bond acceptors (Lipinski definition) is 6. The fourth-order valence-electron chi connectivity index (χ4n) is 2.51. The number of rotatable bonds is 6. The molecule has 0 spiro atoms. The van der Waals surface area contributed by atoms with Crippen LogP contribution in [-0.4, -0.2) is 49.8 Å². The van der Waals surface area contributed by atoms with Gasteiger partial charge < -0.3 is 18.9 Å². The minimum atomic E-state index is -1.04. The summed E-state index contributed by atoms with van der Waals surface area (Å²) >= 11 is 0. The zero-order chi connectivity index (χ0) is 16.0. The van der Waals surface area contributed by atoms with Crippen LogP contribution >= 0.6 is 0 Å². The summed E-state index contributed by atoms with van der Waals surface area (Å²) in [5, 5.41) is 0. The standard InChI is InChI=1S/C14H23FO6/c1-5-11-8(2)12(18-7-6-15)13(19-9(3)16)14(21-11)20-10(4)17/h8,11-14H,5-7H2,1-4H3/t8-,11-,12-,13-,14?/m1/s1. The molecule has 6 nitrogen and oxygen atoms in total. The Hall–Kier alpha value is -1.21. The Bertz CT molecular complexity index is 361. The van der Waals surface area contributed by atoms with E-state index in [1.54, 1.807) is 0 Å². The number of hydrogen-bond donors (Lipinski definition) is 0. The normalized spacial score (nSPS) is 32.5. The molecule has 1 heterocycles. The molecular weight excluding hydrogens is 283 g/mol. The summed E-state index contributed by atoms with van der Waals surface area (Å²) in [5.41, 5.74) is 0. The Balaban J connectivity index is 2.97. The van der Waals surface area contributed by atoms with Gasteiger partial charge >= 0.3 is 11.9 Å². The van der Waals surface area contributed by atoms with Crippen molar-refractivity contribution in [1.29, 1.82) is 0 Å². The summed E-state index contributed by atoms with van der Waals surface area (Å²) in [6, 6.07) is 0. The third-order valence-corrected chi connectivity index (χ3v) is 3.38. The van der Waals surface area contributed by atoms with Gasteiger partial charge in [0.1, 0.15) is 12.8 Å². The molecule has 0 saturated carbocycles. The van der Waals surface area contributed by atoms with Gasteiger partial charge in [0.2, 0.25) is 6.29 Å². The Labute approximate surface area is 123 Å². The van der Waals surface area contributed by atoms with E-state index < -0.39 is 37.1 Å². The molecule has 1 aliphatic rings. The maximum atomic E-state index is 12.4. The number of carbonyl (C=O) groups excluding carboxylic acids is 2. The van der Waals surface area contributed by atoms with Crippen molar-refractivity contribution in [1.82, 2.24) is 0 Å². The first-order valence-electron chi connectivity index (χ1n) is 7.08. The van der Waals surface area contributed by atoms with E-state index in [1.165, 1.54) is 13.8 Å². The summed E-state index contributed by atoms with van der Waals surface area (Å²) in [6.07, 6.45) is -2.10. The molecule has 0 aromatic carbocycles. The fourth-order valence-corrected chi connectivity index (χ4v) is 2.51. The van der Waals surface area contributed by atoms with Crippen LogP contribution in [0.3, 0.4) is 0 Å². The van der Waals surface area contributed by atoms with Crippen LogP contribution in [-0.2, 0) is 28.5 Å². The number of carbonyl (C=O) groups is 2. The Morgan fingerprint density at radius 3 is 2.24 bits per heavy atom. The average Bonchev–Trinajstić information content (AvgIpc) is 2.40. The highest BCUT2D eigenvalue weighted by atomic mass is 19.1. The number of halogens is 1. The van der Waals surface area contributed by atoms with Crippen LogP contribution in [0.2, 0.25) is 0 Å². The molecule has 0 radical (unpaired) electrons. The van der Waals surface area contributed by atoms with Crippen LogP contribution < -0.4 is 0 Å². The van der Waals surface area contributed by atoms with E-state index in [0.717, 1.165) is 0 Å². The zero-order valence-electron chi connectivity index (χ0n) is 12.8. The van der Waals surface area contributed by atoms with Gasteiger partial charge in [-0.1, -0.05) is 13.8 Å². The quantitative estimate of drug-likeness (QED) is 0.694. The van der Waals surface area contributed by atoms with Crippen LogP contribution in [0, 0.1) is 5.92 Å². The number of alkyl halides is 1. The second-order valence-electron chi connectivity index (χ2n) is 5.02. The molecule has 122 valence electrons. The summed E-state index contributed by atoms with van der Waals surface area (Å²) in [5.74, 6) is -1.22. The molecule has 1 saturated heterocycles. The second-order valence-corrected chi connectivity index (χ2v) is 5.02. The Kier molecular flexibility index (Phi) is 7.04. The minimum absolute atomic E-state index is 0.115. The predicted octanol–water partition coefficient (Wildman–Crippen LogP) is 1.61. The highest BCUT2D eigenvalue weighted by molar-refractivity contribution is 5.67. The largest absolute Gasteiger partial charge is 0.453 e. The molecule has 1 unspecified atom stereocenters. The van der Waals surface area contributed by atoms with Crippen LogP contribution in [0.4, 0.5) is 4.39 Å². The van der Waals surface area contributed by atoms with Crippen LogP contribution in [0.5, 0.6) is 0 Å². The molecule has 1 aliphatic heterocycles. The van der Waals surface area contributed by atoms with Crippen LogP contribution in [0.15, 0.2) is 0 Å². The lowest BCUT2D eigenvalue weighted by Gasteiger charge is -2.43. The molecule has 0 N–H and O–H groups in total. The maximum absolute atomic E-state index is 12.4. The topological polar surface area (TPSA) is 71.1 Å². The van der Waals surface area contributed by atoms with Gasteiger partial charge in [0.25, 0.3) is 0 Å². The lowest BCUT2D eigenvalue weighted by Crippen LogP contribution is -2.57. The smallest absolute Gasteiger partial charge is 0.305 e. The van der Waals surface area contributed by atoms with E-state index in [0.29, 0.717) is 6.42 Å². The highest BCUT2D eigenvalue weighted by Gasteiger charge is 2.47. The van der Waals surface area contributed by atoms with Crippen molar-refractivity contribution in [2.24, 2.45) is 5.92 Å². The van der Waals surface area contributed by atoms with Gasteiger partial charge in [0.15, 0.2) is 6.10 Å². The lowest BCUT2D eigenvalue weighted by atomic mass is 9.89. The van der Waals surface area contributed by atoms with Gasteiger partial charge in [-0.15, -0.1) is 0 Å². The first kappa shape index (κ1) is 17.8. The second kappa shape index (κ2) is 8.29. The third kappa shape index (κ3) is 4.93. The van der Waals surface area contributed by atoms with E-state index in [9.17, 15) is 14.0 Å². The van der Waals surface area contributed by atoms with Crippen molar-refractivity contribution in [3.63, 3.8) is 0 Å². The highest BCUT2D eigenvalue weighted by Crippen LogP contribution is 2.32. The van der Waals surface area contributed by atoms with Gasteiger partial charge in [-0.2, -0.15) is 0 Å². The van der Waals surface area contributed by atoms with Crippen LogP contribution in [0.25, 0.3) is 0 Å². The minimum Gasteiger partial charge on any atom is -0.453 e. The maximum Gasteiger partial charge on any atom is 0.305 e. The molecular formula is C14H23FO6. The summed E-state index contributed by atoms with van der Waals surface area (Å²) in [7, 11) is 0. The molecule has 5 atom stereocenters. The van der Waals surface area contributed by atoms with E-state index in [4.69, 9.17) is 18.9 Å². The van der Waals surface area contributed by atoms with Crippen molar-refractivity contribution >= 4 is 11.9 Å². The van der Waals surface area contributed by atoms with Crippen molar-refractivity contribution in [3.05, 3.63) is 0 Å². The van der Waals surface area contributed by atoms with Gasteiger partial charge in [0, 0.05) is 19.8 Å². The molecule has 1 rings (SSSR count). The van der Waals surface area contributed by atoms with E-state index in [2.05, 4.69) is 0 Å². The summed E-state index contributed by atoms with van der Waals surface area (Å²) in [6.45, 7) is 5.52. The SMILES string of the molecule is CC[C@H]1OC(OC(C)=O)[C@H](OC(C)=O)[C@H](OCCF)[C@@H]1C. The van der Waals surface area contributed by atoms with Crippen molar-refractivity contribution in [2.45, 2.75) is 58.7 Å². The van der Waals surface area contributed by atoms with Gasteiger partial charge in [0.05, 0.1) is 12.7 Å². The predicted molar refractivity (Wildman–Crippen MR) is 71.2 cm³/mol. The van der Waals surface area contributed by atoms with Crippen molar-refractivity contribution < 1.29 is 32.9 Å². The molecule has 0 bridgehead atoms. The fraction of sp³-hybridized carbons (Fsp3) is 0.857. The molecule has 0 aromatic heterocycles. The van der Waals surface area contributed by atoms with Gasteiger partial charge in [-0.25, -0.2) is 4.39 Å². The zero-order valence-corrected chi connectivity index (χ0v) is 12.8. The molecule has 0 aliphatic carbocycles. The van der Waals surface area contributed by atoms with E-state index in [-0.39, 0.29) is 18.6 Å². The van der Waals surface area contributed by atoms with Gasteiger partial charge in [-0.3, -0.25) is 9.59 Å². The summed E-state index contributed by atoms with van der Waals surface area (Å²) < 4.78 is 33.8.